The monoisotopic (exact) mass is 286 g/mol. The van der Waals surface area contributed by atoms with Gasteiger partial charge in [0.2, 0.25) is 0 Å². The van der Waals surface area contributed by atoms with Gasteiger partial charge in [0.1, 0.15) is 18.1 Å². The number of methoxy groups -OCH3 is 1. The highest BCUT2D eigenvalue weighted by molar-refractivity contribution is 5.97. The highest BCUT2D eigenvalue weighted by Crippen LogP contribution is 2.33. The van der Waals surface area contributed by atoms with Gasteiger partial charge in [-0.2, -0.15) is 0 Å². The lowest BCUT2D eigenvalue weighted by molar-refractivity contribution is -0.129. The first-order valence-electron chi connectivity index (χ1n) is 6.64. The van der Waals surface area contributed by atoms with Crippen molar-refractivity contribution >= 4 is 16.7 Å². The van der Waals surface area contributed by atoms with E-state index in [2.05, 4.69) is 6.58 Å². The van der Waals surface area contributed by atoms with E-state index in [1.807, 2.05) is 24.3 Å². The Bertz CT molecular complexity index is 661. The molecule has 0 unspecified atom stereocenters. The molecule has 2 rings (SSSR count). The summed E-state index contributed by atoms with van der Waals surface area (Å²) in [6.45, 7) is 6.18. The number of carbonyl (C=O) groups excluding carboxylic acids is 1. The molecule has 2 aromatic carbocycles. The lowest BCUT2D eigenvalue weighted by Gasteiger charge is -2.12. The zero-order chi connectivity index (χ0) is 15.2. The zero-order valence-corrected chi connectivity index (χ0v) is 12.2. The Labute approximate surface area is 123 Å². The van der Waals surface area contributed by atoms with E-state index in [4.69, 9.17) is 14.2 Å². The minimum Gasteiger partial charge on any atom is -0.491 e. The first kappa shape index (κ1) is 15.1. The van der Waals surface area contributed by atoms with Crippen LogP contribution in [0, 0.1) is 0 Å². The maximum Gasteiger partial charge on any atom is 0.338 e. The van der Waals surface area contributed by atoms with Gasteiger partial charge in [-0.05, 0) is 19.1 Å². The maximum absolute atomic E-state index is 11.7. The van der Waals surface area contributed by atoms with Crippen molar-refractivity contribution in [3.63, 3.8) is 0 Å². The molecule has 2 aromatic rings. The average molecular weight is 286 g/mol. The molecule has 4 nitrogen and oxygen atoms in total. The molecule has 0 radical (unpaired) electrons. The van der Waals surface area contributed by atoms with E-state index in [0.29, 0.717) is 24.5 Å². The molecule has 0 amide bonds. The highest BCUT2D eigenvalue weighted by Gasteiger charge is 2.11. The summed E-state index contributed by atoms with van der Waals surface area (Å²) in [6, 6.07) is 11.1. The Morgan fingerprint density at radius 3 is 2.29 bits per heavy atom. The van der Waals surface area contributed by atoms with Gasteiger partial charge in [-0.15, -0.1) is 0 Å². The number of fused-ring (bicyclic) bond motifs is 1. The number of hydrogen-bond acceptors (Lipinski definition) is 4. The van der Waals surface area contributed by atoms with Crippen molar-refractivity contribution in [2.45, 2.75) is 6.92 Å². The van der Waals surface area contributed by atoms with Crippen LogP contribution in [0.2, 0.25) is 0 Å². The molecule has 0 aliphatic heterocycles. The van der Waals surface area contributed by atoms with Gasteiger partial charge in [0.15, 0.2) is 0 Å². The molecular formula is C17H18O4. The second-order valence-electron chi connectivity index (χ2n) is 4.62. The molecule has 0 aliphatic rings. The maximum atomic E-state index is 11.7. The third-order valence-corrected chi connectivity index (χ3v) is 2.94. The van der Waals surface area contributed by atoms with Gasteiger partial charge in [0.05, 0.1) is 6.61 Å². The molecule has 0 saturated heterocycles. The van der Waals surface area contributed by atoms with Gasteiger partial charge >= 0.3 is 5.97 Å². The van der Waals surface area contributed by atoms with Crippen LogP contribution in [0.15, 0.2) is 48.6 Å². The van der Waals surface area contributed by atoms with Gasteiger partial charge in [-0.3, -0.25) is 0 Å². The summed E-state index contributed by atoms with van der Waals surface area (Å²) < 4.78 is 16.0. The lowest BCUT2D eigenvalue weighted by Crippen LogP contribution is -2.09. The van der Waals surface area contributed by atoms with Gasteiger partial charge in [0, 0.05) is 23.5 Å². The lowest BCUT2D eigenvalue weighted by atomic mass is 10.1. The molecule has 0 heterocycles. The van der Waals surface area contributed by atoms with Gasteiger partial charge in [-0.1, -0.05) is 30.8 Å². The quantitative estimate of drug-likeness (QED) is 0.353. The molecule has 21 heavy (non-hydrogen) atoms. The Kier molecular flexibility index (Phi) is 4.95. The summed E-state index contributed by atoms with van der Waals surface area (Å²) in [5.41, 5.74) is 0.361. The van der Waals surface area contributed by atoms with Gasteiger partial charge in [-0.25, -0.2) is 4.79 Å². The number of carbonyl (C=O) groups is 1. The van der Waals surface area contributed by atoms with E-state index < -0.39 is 5.97 Å². The van der Waals surface area contributed by atoms with Crippen LogP contribution in [-0.2, 0) is 9.53 Å². The van der Waals surface area contributed by atoms with Crippen molar-refractivity contribution in [2.24, 2.45) is 0 Å². The molecule has 110 valence electrons. The Morgan fingerprint density at radius 2 is 1.67 bits per heavy atom. The molecule has 0 fully saturated rings. The summed E-state index contributed by atoms with van der Waals surface area (Å²) >= 11 is 0. The van der Waals surface area contributed by atoms with E-state index in [0.717, 1.165) is 16.5 Å². The van der Waals surface area contributed by atoms with E-state index in [1.54, 1.807) is 26.2 Å². The molecule has 0 atom stereocenters. The number of benzene rings is 2. The Hall–Kier alpha value is -2.33. The van der Waals surface area contributed by atoms with Crippen LogP contribution >= 0.6 is 0 Å². The molecule has 0 aliphatic carbocycles. The van der Waals surface area contributed by atoms with Gasteiger partial charge < -0.3 is 14.2 Å². The number of hydrogen-bond donors (Lipinski definition) is 0. The van der Waals surface area contributed by atoms with Crippen molar-refractivity contribution in [3.05, 3.63) is 48.6 Å². The van der Waals surface area contributed by atoms with Crippen molar-refractivity contribution in [2.75, 3.05) is 20.3 Å². The average Bonchev–Trinajstić information content (AvgIpc) is 2.49. The number of ether oxygens (including phenoxy) is 3. The third kappa shape index (κ3) is 3.61. The van der Waals surface area contributed by atoms with Crippen molar-refractivity contribution < 1.29 is 19.0 Å². The summed E-state index contributed by atoms with van der Waals surface area (Å²) in [5.74, 6) is 0.795. The van der Waals surface area contributed by atoms with E-state index in [-0.39, 0.29) is 0 Å². The second-order valence-corrected chi connectivity index (χ2v) is 4.62. The predicted molar refractivity (Wildman–Crippen MR) is 81.8 cm³/mol. The normalized spacial score (nSPS) is 10.4. The molecular weight excluding hydrogens is 268 g/mol. The fourth-order valence-electron chi connectivity index (χ4n) is 1.88. The third-order valence-electron chi connectivity index (χ3n) is 2.94. The molecule has 0 bridgehead atoms. The number of rotatable bonds is 6. The summed E-state index contributed by atoms with van der Waals surface area (Å²) in [7, 11) is 1.63. The van der Waals surface area contributed by atoms with E-state index in [1.165, 1.54) is 0 Å². The van der Waals surface area contributed by atoms with Gasteiger partial charge in [0.25, 0.3) is 0 Å². The van der Waals surface area contributed by atoms with Crippen LogP contribution in [0.3, 0.4) is 0 Å². The molecule has 0 saturated carbocycles. The number of esters is 1. The van der Waals surface area contributed by atoms with Crippen molar-refractivity contribution in [1.82, 2.24) is 0 Å². The fraction of sp³-hybridized carbons (Fsp3) is 0.235. The second kappa shape index (κ2) is 6.90. The summed E-state index contributed by atoms with van der Waals surface area (Å²) in [5, 5.41) is 1.71. The first-order chi connectivity index (χ1) is 10.1. The zero-order valence-electron chi connectivity index (χ0n) is 12.2. The van der Waals surface area contributed by atoms with Crippen LogP contribution in [0.1, 0.15) is 6.92 Å². The first-order valence-corrected chi connectivity index (χ1v) is 6.64. The van der Waals surface area contributed by atoms with Crippen LogP contribution in [0.5, 0.6) is 11.5 Å². The van der Waals surface area contributed by atoms with Crippen molar-refractivity contribution in [3.8, 4) is 11.5 Å². The van der Waals surface area contributed by atoms with E-state index >= 15 is 0 Å². The topological polar surface area (TPSA) is 44.8 Å². The van der Waals surface area contributed by atoms with Crippen LogP contribution < -0.4 is 9.47 Å². The summed E-state index contributed by atoms with van der Waals surface area (Å²) in [4.78, 5) is 11.7. The molecule has 0 spiro atoms. The minimum atomic E-state index is -0.437. The molecule has 0 aromatic heterocycles. The van der Waals surface area contributed by atoms with E-state index in [9.17, 15) is 4.79 Å². The predicted octanol–water partition coefficient (Wildman–Crippen LogP) is 3.35. The SMILES string of the molecule is C=C(C)C(=O)Oc1ccc(OCCOC)c2ccccc12. The smallest absolute Gasteiger partial charge is 0.338 e. The van der Waals surface area contributed by atoms with Crippen molar-refractivity contribution in [1.29, 1.82) is 0 Å². The molecule has 4 heteroatoms. The van der Waals surface area contributed by atoms with Crippen LogP contribution in [0.4, 0.5) is 0 Å². The standard InChI is InChI=1S/C17H18O4/c1-12(2)17(18)21-16-9-8-15(20-11-10-19-3)13-6-4-5-7-14(13)16/h4-9H,1,10-11H2,2-3H3. The largest absolute Gasteiger partial charge is 0.491 e. The molecule has 0 N–H and O–H groups in total. The Balaban J connectivity index is 2.35. The van der Waals surface area contributed by atoms with Crippen LogP contribution in [-0.4, -0.2) is 26.3 Å². The minimum absolute atomic E-state index is 0.361. The summed E-state index contributed by atoms with van der Waals surface area (Å²) in [6.07, 6.45) is 0. The highest BCUT2D eigenvalue weighted by atomic mass is 16.5. The van der Waals surface area contributed by atoms with Crippen LogP contribution in [0.25, 0.3) is 10.8 Å². The Morgan fingerprint density at radius 1 is 1.05 bits per heavy atom. The fourth-order valence-corrected chi connectivity index (χ4v) is 1.88.